The summed E-state index contributed by atoms with van der Waals surface area (Å²) in [5.41, 5.74) is 0.429. The topological polar surface area (TPSA) is 72.7 Å². The van der Waals surface area contributed by atoms with E-state index in [-0.39, 0.29) is 0 Å². The van der Waals surface area contributed by atoms with Crippen LogP contribution in [0.2, 0.25) is 0 Å². The molecule has 0 bridgehead atoms. The lowest BCUT2D eigenvalue weighted by atomic mass is 10.3. The van der Waals surface area contributed by atoms with Crippen molar-refractivity contribution < 1.29 is 4.79 Å². The Balaban J connectivity index is 1.85. The number of carbonyl (C=O) groups is 1. The van der Waals surface area contributed by atoms with Crippen molar-refractivity contribution in [2.45, 2.75) is 24.0 Å². The van der Waals surface area contributed by atoms with E-state index in [2.05, 4.69) is 20.4 Å². The Morgan fingerprint density at radius 2 is 2.37 bits per heavy atom. The van der Waals surface area contributed by atoms with Crippen LogP contribution >= 0.6 is 11.8 Å². The summed E-state index contributed by atoms with van der Waals surface area (Å²) in [5, 5.41) is 8.11. The largest absolute Gasteiger partial charge is 0.323 e. The zero-order chi connectivity index (χ0) is 13.2. The molecule has 1 N–H and O–H groups in total. The summed E-state index contributed by atoms with van der Waals surface area (Å²) in [4.78, 5) is 19.3. The molecule has 6 nitrogen and oxygen atoms in total. The smallest absolute Gasteiger partial charge is 0.189 e. The molecule has 98 valence electrons. The average Bonchev–Trinajstić information content (AvgIpc) is 3.19. The van der Waals surface area contributed by atoms with Crippen LogP contribution in [-0.2, 0) is 0 Å². The number of carbonyl (C=O) groups excluding carboxylic acids is 1. The van der Waals surface area contributed by atoms with Crippen molar-refractivity contribution in [2.24, 2.45) is 0 Å². The lowest BCUT2D eigenvalue weighted by molar-refractivity contribution is 0.112. The second-order valence-electron chi connectivity index (χ2n) is 4.32. The van der Waals surface area contributed by atoms with Crippen LogP contribution in [0.25, 0.3) is 0 Å². The van der Waals surface area contributed by atoms with Gasteiger partial charge in [0, 0.05) is 18.5 Å². The van der Waals surface area contributed by atoms with E-state index in [1.165, 1.54) is 30.8 Å². The van der Waals surface area contributed by atoms with Gasteiger partial charge in [0.2, 0.25) is 0 Å². The monoisotopic (exact) mass is 275 g/mol. The first-order valence-electron chi connectivity index (χ1n) is 5.98. The maximum atomic E-state index is 11.0. The third-order valence-corrected chi connectivity index (χ3v) is 3.44. The van der Waals surface area contributed by atoms with E-state index in [0.717, 1.165) is 6.29 Å². The van der Waals surface area contributed by atoms with Gasteiger partial charge >= 0.3 is 0 Å². The predicted molar refractivity (Wildman–Crippen MR) is 73.0 cm³/mol. The number of rotatable bonds is 5. The van der Waals surface area contributed by atoms with Crippen molar-refractivity contribution in [1.29, 1.82) is 0 Å². The number of aldehydes is 1. The van der Waals surface area contributed by atoms with E-state index in [9.17, 15) is 4.79 Å². The van der Waals surface area contributed by atoms with E-state index in [1.54, 1.807) is 0 Å². The third kappa shape index (κ3) is 2.60. The zero-order valence-electron chi connectivity index (χ0n) is 10.4. The Morgan fingerprint density at radius 3 is 3.05 bits per heavy atom. The van der Waals surface area contributed by atoms with Crippen LogP contribution < -0.4 is 5.32 Å². The molecule has 7 heteroatoms. The first kappa shape index (κ1) is 12.2. The Kier molecular flexibility index (Phi) is 3.20. The molecular weight excluding hydrogens is 262 g/mol. The molecular formula is C12H13N5OS. The molecule has 1 fully saturated rings. The van der Waals surface area contributed by atoms with Crippen LogP contribution in [0, 0.1) is 0 Å². The molecule has 1 saturated carbocycles. The minimum absolute atomic E-state index is 0.429. The Hall–Kier alpha value is -1.89. The molecule has 2 aromatic heterocycles. The SMILES string of the molecule is CSc1ncc(C=O)c(Nc2ccn(C3CC3)n2)n1. The summed E-state index contributed by atoms with van der Waals surface area (Å²) in [6.45, 7) is 0. The highest BCUT2D eigenvalue weighted by molar-refractivity contribution is 7.98. The van der Waals surface area contributed by atoms with Gasteiger partial charge in [-0.3, -0.25) is 9.48 Å². The van der Waals surface area contributed by atoms with Gasteiger partial charge in [-0.2, -0.15) is 5.10 Å². The van der Waals surface area contributed by atoms with Gasteiger partial charge in [0.05, 0.1) is 11.6 Å². The quantitative estimate of drug-likeness (QED) is 0.513. The number of thioether (sulfide) groups is 1. The molecule has 0 radical (unpaired) electrons. The first-order valence-corrected chi connectivity index (χ1v) is 7.21. The summed E-state index contributed by atoms with van der Waals surface area (Å²) in [6.07, 6.45) is 8.46. The average molecular weight is 275 g/mol. The molecule has 1 aliphatic rings. The zero-order valence-corrected chi connectivity index (χ0v) is 11.2. The second-order valence-corrected chi connectivity index (χ2v) is 5.09. The van der Waals surface area contributed by atoms with Gasteiger partial charge in [-0.25, -0.2) is 9.97 Å². The van der Waals surface area contributed by atoms with Crippen LogP contribution in [0.1, 0.15) is 29.2 Å². The first-order chi connectivity index (χ1) is 9.30. The van der Waals surface area contributed by atoms with Crippen LogP contribution in [0.4, 0.5) is 11.6 Å². The van der Waals surface area contributed by atoms with Crippen molar-refractivity contribution in [3.63, 3.8) is 0 Å². The lowest BCUT2D eigenvalue weighted by Gasteiger charge is -2.06. The Bertz CT molecular complexity index is 608. The fourth-order valence-electron chi connectivity index (χ4n) is 1.73. The molecule has 3 rings (SSSR count). The fourth-order valence-corrected chi connectivity index (χ4v) is 2.07. The molecule has 0 aromatic carbocycles. The Labute approximate surface area is 114 Å². The van der Waals surface area contributed by atoms with E-state index in [4.69, 9.17) is 0 Å². The highest BCUT2D eigenvalue weighted by atomic mass is 32.2. The molecule has 0 amide bonds. The van der Waals surface area contributed by atoms with Crippen LogP contribution in [-0.4, -0.2) is 32.3 Å². The lowest BCUT2D eigenvalue weighted by Crippen LogP contribution is -2.02. The number of hydrogen-bond donors (Lipinski definition) is 1. The van der Waals surface area contributed by atoms with Gasteiger partial charge < -0.3 is 5.32 Å². The van der Waals surface area contributed by atoms with Crippen molar-refractivity contribution >= 4 is 29.7 Å². The number of nitrogens with one attached hydrogen (secondary N) is 1. The molecule has 0 unspecified atom stereocenters. The van der Waals surface area contributed by atoms with Crippen LogP contribution in [0.15, 0.2) is 23.6 Å². The molecule has 0 atom stereocenters. The third-order valence-electron chi connectivity index (χ3n) is 2.88. The van der Waals surface area contributed by atoms with Crippen molar-refractivity contribution in [1.82, 2.24) is 19.7 Å². The van der Waals surface area contributed by atoms with Crippen molar-refractivity contribution in [3.8, 4) is 0 Å². The number of hydrogen-bond acceptors (Lipinski definition) is 6. The molecule has 0 aliphatic heterocycles. The van der Waals surface area contributed by atoms with Gasteiger partial charge in [-0.05, 0) is 19.1 Å². The normalized spacial score (nSPS) is 14.4. The molecule has 2 heterocycles. The summed E-state index contributed by atoms with van der Waals surface area (Å²) in [7, 11) is 0. The molecule has 2 aromatic rings. The van der Waals surface area contributed by atoms with Crippen LogP contribution in [0.3, 0.4) is 0 Å². The van der Waals surface area contributed by atoms with Crippen LogP contribution in [0.5, 0.6) is 0 Å². The highest BCUT2D eigenvalue weighted by Crippen LogP contribution is 2.34. The summed E-state index contributed by atoms with van der Waals surface area (Å²) >= 11 is 1.43. The van der Waals surface area contributed by atoms with E-state index in [1.807, 2.05) is 23.2 Å². The molecule has 0 spiro atoms. The maximum absolute atomic E-state index is 11.0. The van der Waals surface area contributed by atoms with Gasteiger partial charge in [0.25, 0.3) is 0 Å². The van der Waals surface area contributed by atoms with Crippen molar-refractivity contribution in [3.05, 3.63) is 24.0 Å². The van der Waals surface area contributed by atoms with Gasteiger partial charge in [0.1, 0.15) is 5.82 Å². The predicted octanol–water partition coefficient (Wildman–Crippen LogP) is 2.29. The standard InChI is InChI=1S/C12H13N5OS/c1-19-12-13-6-8(7-18)11(15-12)14-10-4-5-17(16-10)9-2-3-9/h4-7,9H,2-3H2,1H3,(H,13,14,15,16). The minimum atomic E-state index is 0.429. The number of aromatic nitrogens is 4. The summed E-state index contributed by atoms with van der Waals surface area (Å²) in [5.74, 6) is 1.19. The fraction of sp³-hybridized carbons (Fsp3) is 0.333. The second kappa shape index (κ2) is 5.00. The number of nitrogens with zero attached hydrogens (tertiary/aromatic N) is 4. The van der Waals surface area contributed by atoms with Gasteiger partial charge in [-0.15, -0.1) is 0 Å². The molecule has 19 heavy (non-hydrogen) atoms. The van der Waals surface area contributed by atoms with Gasteiger partial charge in [0.15, 0.2) is 17.3 Å². The highest BCUT2D eigenvalue weighted by Gasteiger charge is 2.24. The van der Waals surface area contributed by atoms with E-state index < -0.39 is 0 Å². The minimum Gasteiger partial charge on any atom is -0.323 e. The Morgan fingerprint density at radius 1 is 1.53 bits per heavy atom. The van der Waals surface area contributed by atoms with Gasteiger partial charge in [-0.1, -0.05) is 11.8 Å². The molecule has 1 aliphatic carbocycles. The maximum Gasteiger partial charge on any atom is 0.189 e. The van der Waals surface area contributed by atoms with Crippen molar-refractivity contribution in [2.75, 3.05) is 11.6 Å². The van der Waals surface area contributed by atoms with E-state index >= 15 is 0 Å². The summed E-state index contributed by atoms with van der Waals surface area (Å²) < 4.78 is 1.94. The number of anilines is 2. The summed E-state index contributed by atoms with van der Waals surface area (Å²) in [6, 6.07) is 2.42. The van der Waals surface area contributed by atoms with E-state index in [0.29, 0.717) is 28.4 Å². The molecule has 0 saturated heterocycles.